The molecule has 0 saturated carbocycles. The third kappa shape index (κ3) is 3.71. The molecule has 1 rings (SSSR count). The second-order valence-electron chi connectivity index (χ2n) is 4.55. The first-order valence-corrected chi connectivity index (χ1v) is 6.87. The highest BCUT2D eigenvalue weighted by molar-refractivity contribution is 7.91. The van der Waals surface area contributed by atoms with E-state index in [9.17, 15) is 8.42 Å². The Bertz CT molecular complexity index is 283. The van der Waals surface area contributed by atoms with E-state index in [1.54, 1.807) is 6.92 Å². The van der Waals surface area contributed by atoms with Gasteiger partial charge in [0.1, 0.15) is 0 Å². The summed E-state index contributed by atoms with van der Waals surface area (Å²) in [7, 11) is -2.85. The van der Waals surface area contributed by atoms with Crippen LogP contribution in [0.5, 0.6) is 0 Å². The highest BCUT2D eigenvalue weighted by Crippen LogP contribution is 2.17. The lowest BCUT2D eigenvalue weighted by Crippen LogP contribution is -2.47. The zero-order valence-electron chi connectivity index (χ0n) is 9.02. The fourth-order valence-electron chi connectivity index (χ4n) is 1.60. The van der Waals surface area contributed by atoms with Crippen molar-refractivity contribution in [3.63, 3.8) is 0 Å². The normalized spacial score (nSPS) is 22.9. The molecule has 15 heavy (non-hydrogen) atoms. The van der Waals surface area contributed by atoms with E-state index in [1.165, 1.54) is 0 Å². The van der Waals surface area contributed by atoms with Gasteiger partial charge in [0.05, 0.1) is 24.7 Å². The Hall–Kier alpha value is -0.170. The van der Waals surface area contributed by atoms with Gasteiger partial charge in [-0.15, -0.1) is 0 Å². The zero-order valence-corrected chi connectivity index (χ0v) is 9.83. The number of nitrogens with zero attached hydrogens (tertiary/aromatic N) is 1. The van der Waals surface area contributed by atoms with E-state index in [1.807, 2.05) is 4.90 Å². The van der Waals surface area contributed by atoms with Crippen LogP contribution in [0.2, 0.25) is 0 Å². The van der Waals surface area contributed by atoms with Gasteiger partial charge in [-0.1, -0.05) is 6.92 Å². The average molecular weight is 237 g/mol. The summed E-state index contributed by atoms with van der Waals surface area (Å²) >= 11 is 0. The summed E-state index contributed by atoms with van der Waals surface area (Å²) in [5.74, 6) is 0.361. The van der Waals surface area contributed by atoms with Gasteiger partial charge in [0.15, 0.2) is 9.84 Å². The molecule has 2 N–H and O–H groups in total. The second-order valence-corrected chi connectivity index (χ2v) is 6.86. The Morgan fingerprint density at radius 3 is 2.07 bits per heavy atom. The maximum atomic E-state index is 11.2. The van der Waals surface area contributed by atoms with Crippen molar-refractivity contribution in [2.24, 2.45) is 5.41 Å². The molecule has 1 aliphatic heterocycles. The standard InChI is InChI=1S/C9H19NO4S/c1-9(7-11,8-12)6-10-2-4-15(13,14)5-3-10/h11-12H,2-8H2,1H3. The van der Waals surface area contributed by atoms with Gasteiger partial charge >= 0.3 is 0 Å². The summed E-state index contributed by atoms with van der Waals surface area (Å²) in [6.07, 6.45) is 0. The van der Waals surface area contributed by atoms with Gasteiger partial charge in [0, 0.05) is 25.0 Å². The molecular weight excluding hydrogens is 218 g/mol. The van der Waals surface area contributed by atoms with E-state index in [2.05, 4.69) is 0 Å². The van der Waals surface area contributed by atoms with Crippen molar-refractivity contribution in [3.05, 3.63) is 0 Å². The van der Waals surface area contributed by atoms with Gasteiger partial charge in [0.25, 0.3) is 0 Å². The van der Waals surface area contributed by atoms with Crippen LogP contribution in [0.25, 0.3) is 0 Å². The van der Waals surface area contributed by atoms with Crippen LogP contribution >= 0.6 is 0 Å². The fourth-order valence-corrected chi connectivity index (χ4v) is 2.88. The van der Waals surface area contributed by atoms with Crippen molar-refractivity contribution in [3.8, 4) is 0 Å². The summed E-state index contributed by atoms with van der Waals surface area (Å²) in [4.78, 5) is 1.98. The number of aliphatic hydroxyl groups excluding tert-OH is 2. The van der Waals surface area contributed by atoms with Crippen LogP contribution in [0.3, 0.4) is 0 Å². The molecule has 0 unspecified atom stereocenters. The molecule has 0 aromatic carbocycles. The number of aliphatic hydroxyl groups is 2. The number of hydrogen-bond acceptors (Lipinski definition) is 5. The highest BCUT2D eigenvalue weighted by atomic mass is 32.2. The van der Waals surface area contributed by atoms with Crippen LogP contribution in [0.4, 0.5) is 0 Å². The second kappa shape index (κ2) is 4.78. The molecule has 1 aliphatic rings. The van der Waals surface area contributed by atoms with Crippen LogP contribution in [-0.2, 0) is 9.84 Å². The molecule has 6 heteroatoms. The molecule has 5 nitrogen and oxygen atoms in total. The lowest BCUT2D eigenvalue weighted by Gasteiger charge is -2.34. The minimum absolute atomic E-state index is 0.0905. The largest absolute Gasteiger partial charge is 0.396 e. The minimum atomic E-state index is -2.85. The summed E-state index contributed by atoms with van der Waals surface area (Å²) in [6, 6.07) is 0. The van der Waals surface area contributed by atoms with Crippen molar-refractivity contribution in [2.45, 2.75) is 6.92 Å². The Morgan fingerprint density at radius 1 is 1.20 bits per heavy atom. The molecule has 0 aromatic rings. The maximum absolute atomic E-state index is 11.2. The molecule has 1 saturated heterocycles. The van der Waals surface area contributed by atoms with Crippen LogP contribution in [-0.4, -0.2) is 67.9 Å². The smallest absolute Gasteiger partial charge is 0.152 e. The van der Waals surface area contributed by atoms with Crippen molar-refractivity contribution < 1.29 is 18.6 Å². The van der Waals surface area contributed by atoms with E-state index < -0.39 is 15.3 Å². The minimum Gasteiger partial charge on any atom is -0.396 e. The molecule has 0 radical (unpaired) electrons. The van der Waals surface area contributed by atoms with Gasteiger partial charge in [-0.05, 0) is 0 Å². The molecule has 0 atom stereocenters. The van der Waals surface area contributed by atoms with Crippen LogP contribution in [0.15, 0.2) is 0 Å². The number of hydrogen-bond donors (Lipinski definition) is 2. The van der Waals surface area contributed by atoms with Crippen molar-refractivity contribution >= 4 is 9.84 Å². The third-order valence-corrected chi connectivity index (χ3v) is 4.41. The highest BCUT2D eigenvalue weighted by Gasteiger charge is 2.29. The van der Waals surface area contributed by atoms with Crippen molar-refractivity contribution in [2.75, 3.05) is 44.4 Å². The first-order chi connectivity index (χ1) is 6.91. The predicted octanol–water partition coefficient (Wildman–Crippen LogP) is -1.29. The third-order valence-electron chi connectivity index (χ3n) is 2.81. The first kappa shape index (κ1) is 12.9. The molecule has 0 aliphatic carbocycles. The number of sulfone groups is 1. The molecule has 0 spiro atoms. The summed E-state index contributed by atoms with van der Waals surface area (Å²) in [5.41, 5.74) is -0.541. The van der Waals surface area contributed by atoms with Crippen LogP contribution < -0.4 is 0 Å². The molecular formula is C9H19NO4S. The van der Waals surface area contributed by atoms with Crippen LogP contribution in [0, 0.1) is 5.41 Å². The van der Waals surface area contributed by atoms with Gasteiger partial charge in [-0.3, -0.25) is 0 Å². The molecule has 0 amide bonds. The fraction of sp³-hybridized carbons (Fsp3) is 1.00. The molecule has 0 aromatic heterocycles. The predicted molar refractivity (Wildman–Crippen MR) is 57.4 cm³/mol. The Kier molecular flexibility index (Phi) is 4.11. The topological polar surface area (TPSA) is 77.8 Å². The van der Waals surface area contributed by atoms with Crippen molar-refractivity contribution in [1.29, 1.82) is 0 Å². The molecule has 90 valence electrons. The van der Waals surface area contributed by atoms with Gasteiger partial charge in [-0.25, -0.2) is 8.42 Å². The van der Waals surface area contributed by atoms with E-state index in [0.29, 0.717) is 19.6 Å². The molecule has 0 bridgehead atoms. The average Bonchev–Trinajstić information content (AvgIpc) is 2.21. The zero-order chi connectivity index (χ0) is 11.5. The van der Waals surface area contributed by atoms with E-state index >= 15 is 0 Å². The molecule has 1 fully saturated rings. The van der Waals surface area contributed by atoms with E-state index in [0.717, 1.165) is 0 Å². The quantitative estimate of drug-likeness (QED) is 0.636. The summed E-state index contributed by atoms with van der Waals surface area (Å²) < 4.78 is 22.4. The van der Waals surface area contributed by atoms with Gasteiger partial charge < -0.3 is 15.1 Å². The van der Waals surface area contributed by atoms with E-state index in [4.69, 9.17) is 10.2 Å². The number of rotatable bonds is 4. The Labute approximate surface area is 90.6 Å². The Balaban J connectivity index is 2.48. The molecule has 1 heterocycles. The monoisotopic (exact) mass is 237 g/mol. The van der Waals surface area contributed by atoms with Gasteiger partial charge in [0.2, 0.25) is 0 Å². The first-order valence-electron chi connectivity index (χ1n) is 5.05. The SMILES string of the molecule is CC(CO)(CO)CN1CCS(=O)(=O)CC1. The van der Waals surface area contributed by atoms with Gasteiger partial charge in [-0.2, -0.15) is 0 Å². The maximum Gasteiger partial charge on any atom is 0.152 e. The lowest BCUT2D eigenvalue weighted by molar-refractivity contribution is 0.0375. The van der Waals surface area contributed by atoms with Crippen LogP contribution in [0.1, 0.15) is 6.92 Å². The Morgan fingerprint density at radius 2 is 1.67 bits per heavy atom. The van der Waals surface area contributed by atoms with E-state index in [-0.39, 0.29) is 24.7 Å². The lowest BCUT2D eigenvalue weighted by atomic mass is 9.92. The van der Waals surface area contributed by atoms with Crippen molar-refractivity contribution in [1.82, 2.24) is 4.90 Å². The summed E-state index contributed by atoms with van der Waals surface area (Å²) in [6.45, 7) is 3.14. The summed E-state index contributed by atoms with van der Waals surface area (Å²) in [5, 5.41) is 18.2.